The number of hydrogen-bond acceptors (Lipinski definition) is 3. The number of primary amides is 1. The van der Waals surface area contributed by atoms with Crippen LogP contribution in [-0.2, 0) is 11.3 Å². The van der Waals surface area contributed by atoms with Gasteiger partial charge in [-0.2, -0.15) is 0 Å². The van der Waals surface area contributed by atoms with Crippen molar-refractivity contribution in [3.63, 3.8) is 0 Å². The van der Waals surface area contributed by atoms with Gasteiger partial charge in [0.25, 0.3) is 0 Å². The van der Waals surface area contributed by atoms with Gasteiger partial charge in [-0.25, -0.2) is 0 Å². The Labute approximate surface area is 108 Å². The van der Waals surface area contributed by atoms with Crippen LogP contribution in [0.2, 0.25) is 0 Å². The molecule has 0 aliphatic carbocycles. The normalized spacial score (nSPS) is 11.5. The van der Waals surface area contributed by atoms with Gasteiger partial charge in [-0.05, 0) is 30.5 Å². The molecule has 0 saturated carbocycles. The van der Waals surface area contributed by atoms with Crippen LogP contribution in [0, 0.1) is 0 Å². The first-order valence-corrected chi connectivity index (χ1v) is 6.26. The largest absolute Gasteiger partial charge is 0.375 e. The maximum atomic E-state index is 10.9. The molecular formula is C14H22N2O2. The highest BCUT2D eigenvalue weighted by atomic mass is 16.5. The number of rotatable bonds is 7. The zero-order valence-corrected chi connectivity index (χ0v) is 11.1. The summed E-state index contributed by atoms with van der Waals surface area (Å²) in [6.07, 6.45) is 1.79. The van der Waals surface area contributed by atoms with Crippen molar-refractivity contribution in [3.8, 4) is 0 Å². The van der Waals surface area contributed by atoms with E-state index in [0.717, 1.165) is 18.4 Å². The Bertz CT molecular complexity index is 383. The van der Waals surface area contributed by atoms with Crippen LogP contribution >= 0.6 is 0 Å². The molecule has 1 amide bonds. The number of carbonyl (C=O) groups is 1. The van der Waals surface area contributed by atoms with Gasteiger partial charge in [0.05, 0.1) is 13.2 Å². The predicted octanol–water partition coefficient (Wildman–Crippen LogP) is 1.82. The van der Waals surface area contributed by atoms with Gasteiger partial charge in [0.15, 0.2) is 0 Å². The Hall–Kier alpha value is -1.39. The smallest absolute Gasteiger partial charge is 0.248 e. The molecule has 18 heavy (non-hydrogen) atoms. The van der Waals surface area contributed by atoms with E-state index in [-0.39, 0.29) is 5.54 Å². The Kier molecular flexibility index (Phi) is 5.31. The third kappa shape index (κ3) is 4.13. The van der Waals surface area contributed by atoms with Crippen LogP contribution in [0.4, 0.5) is 0 Å². The quantitative estimate of drug-likeness (QED) is 0.774. The number of benzene rings is 1. The molecule has 4 N–H and O–H groups in total. The zero-order chi connectivity index (χ0) is 13.6. The van der Waals surface area contributed by atoms with E-state index < -0.39 is 5.91 Å². The van der Waals surface area contributed by atoms with Gasteiger partial charge in [0, 0.05) is 11.1 Å². The van der Waals surface area contributed by atoms with Crippen molar-refractivity contribution in [2.24, 2.45) is 11.5 Å². The Morgan fingerprint density at radius 2 is 1.78 bits per heavy atom. The third-order valence-electron chi connectivity index (χ3n) is 3.30. The molecule has 0 unspecified atom stereocenters. The lowest BCUT2D eigenvalue weighted by atomic mass is 9.96. The number of carbonyl (C=O) groups excluding carboxylic acids is 1. The number of nitrogens with two attached hydrogens (primary N) is 2. The van der Waals surface area contributed by atoms with Gasteiger partial charge < -0.3 is 16.2 Å². The van der Waals surface area contributed by atoms with E-state index in [1.54, 1.807) is 12.1 Å². The van der Waals surface area contributed by atoms with Crippen molar-refractivity contribution in [3.05, 3.63) is 35.4 Å². The van der Waals surface area contributed by atoms with Crippen molar-refractivity contribution >= 4 is 5.91 Å². The minimum absolute atomic E-state index is 0.243. The second-order valence-corrected chi connectivity index (χ2v) is 4.62. The van der Waals surface area contributed by atoms with E-state index in [9.17, 15) is 4.79 Å². The Morgan fingerprint density at radius 3 is 2.22 bits per heavy atom. The molecule has 0 saturated heterocycles. The molecule has 4 heteroatoms. The molecular weight excluding hydrogens is 228 g/mol. The van der Waals surface area contributed by atoms with E-state index in [1.807, 2.05) is 12.1 Å². The van der Waals surface area contributed by atoms with Gasteiger partial charge in [-0.3, -0.25) is 4.79 Å². The van der Waals surface area contributed by atoms with Crippen molar-refractivity contribution in [2.75, 3.05) is 6.61 Å². The van der Waals surface area contributed by atoms with E-state index in [0.29, 0.717) is 18.8 Å². The summed E-state index contributed by atoms with van der Waals surface area (Å²) in [5, 5.41) is 0. The highest BCUT2D eigenvalue weighted by molar-refractivity contribution is 5.92. The van der Waals surface area contributed by atoms with Crippen LogP contribution in [0.1, 0.15) is 42.6 Å². The first kappa shape index (κ1) is 14.7. The third-order valence-corrected chi connectivity index (χ3v) is 3.30. The summed E-state index contributed by atoms with van der Waals surface area (Å²) < 4.78 is 5.63. The Morgan fingerprint density at radius 1 is 1.22 bits per heavy atom. The summed E-state index contributed by atoms with van der Waals surface area (Å²) in [6, 6.07) is 7.10. The molecule has 100 valence electrons. The average Bonchev–Trinajstić information content (AvgIpc) is 2.39. The molecule has 0 spiro atoms. The Balaban J connectivity index is 2.47. The molecule has 0 aromatic heterocycles. The van der Waals surface area contributed by atoms with Crippen molar-refractivity contribution in [1.82, 2.24) is 0 Å². The molecule has 0 bridgehead atoms. The maximum absolute atomic E-state index is 10.9. The number of ether oxygens (including phenoxy) is 1. The fraction of sp³-hybridized carbons (Fsp3) is 0.500. The van der Waals surface area contributed by atoms with Crippen LogP contribution < -0.4 is 11.5 Å². The molecule has 0 fully saturated rings. The molecule has 0 aliphatic heterocycles. The molecule has 1 aromatic carbocycles. The van der Waals surface area contributed by atoms with E-state index in [2.05, 4.69) is 13.8 Å². The molecule has 0 atom stereocenters. The van der Waals surface area contributed by atoms with Crippen molar-refractivity contribution < 1.29 is 9.53 Å². The van der Waals surface area contributed by atoms with Gasteiger partial charge in [-0.15, -0.1) is 0 Å². The fourth-order valence-corrected chi connectivity index (χ4v) is 1.59. The summed E-state index contributed by atoms with van der Waals surface area (Å²) >= 11 is 0. The summed E-state index contributed by atoms with van der Waals surface area (Å²) in [6.45, 7) is 5.17. The standard InChI is InChI=1S/C14H22N2O2/c1-3-14(16,4-2)10-18-9-11-5-7-12(8-6-11)13(15)17/h5-8H,3-4,9-10,16H2,1-2H3,(H2,15,17). The second-order valence-electron chi connectivity index (χ2n) is 4.62. The van der Waals surface area contributed by atoms with E-state index >= 15 is 0 Å². The zero-order valence-electron chi connectivity index (χ0n) is 11.1. The first-order chi connectivity index (χ1) is 8.50. The molecule has 1 aromatic rings. The van der Waals surface area contributed by atoms with Gasteiger partial charge in [0.2, 0.25) is 5.91 Å². The van der Waals surface area contributed by atoms with E-state index in [4.69, 9.17) is 16.2 Å². The van der Waals surface area contributed by atoms with Crippen LogP contribution in [0.15, 0.2) is 24.3 Å². The van der Waals surface area contributed by atoms with Gasteiger partial charge in [0.1, 0.15) is 0 Å². The minimum atomic E-state index is -0.416. The lowest BCUT2D eigenvalue weighted by molar-refractivity contribution is 0.0696. The maximum Gasteiger partial charge on any atom is 0.248 e. The highest BCUT2D eigenvalue weighted by Gasteiger charge is 2.20. The molecule has 0 aliphatic rings. The molecule has 1 rings (SSSR count). The lowest BCUT2D eigenvalue weighted by Crippen LogP contribution is -2.43. The fourth-order valence-electron chi connectivity index (χ4n) is 1.59. The van der Waals surface area contributed by atoms with Crippen LogP contribution in [-0.4, -0.2) is 18.1 Å². The molecule has 4 nitrogen and oxygen atoms in total. The van der Waals surface area contributed by atoms with Crippen LogP contribution in [0.5, 0.6) is 0 Å². The summed E-state index contributed by atoms with van der Waals surface area (Å²) in [7, 11) is 0. The minimum Gasteiger partial charge on any atom is -0.375 e. The summed E-state index contributed by atoms with van der Waals surface area (Å²) in [4.78, 5) is 10.9. The van der Waals surface area contributed by atoms with Gasteiger partial charge >= 0.3 is 0 Å². The average molecular weight is 250 g/mol. The number of amides is 1. The molecule has 0 radical (unpaired) electrons. The van der Waals surface area contributed by atoms with E-state index in [1.165, 1.54) is 0 Å². The van der Waals surface area contributed by atoms with Crippen LogP contribution in [0.25, 0.3) is 0 Å². The summed E-state index contributed by atoms with van der Waals surface area (Å²) in [5.74, 6) is -0.416. The summed E-state index contributed by atoms with van der Waals surface area (Å²) in [5.41, 5.74) is 12.6. The highest BCUT2D eigenvalue weighted by Crippen LogP contribution is 2.13. The molecule has 0 heterocycles. The van der Waals surface area contributed by atoms with Gasteiger partial charge in [-0.1, -0.05) is 26.0 Å². The first-order valence-electron chi connectivity index (χ1n) is 6.26. The second kappa shape index (κ2) is 6.52. The van der Waals surface area contributed by atoms with Crippen molar-refractivity contribution in [2.45, 2.75) is 38.8 Å². The number of hydrogen-bond donors (Lipinski definition) is 2. The van der Waals surface area contributed by atoms with Crippen LogP contribution in [0.3, 0.4) is 0 Å². The SMILES string of the molecule is CCC(N)(CC)COCc1ccc(C(N)=O)cc1. The lowest BCUT2D eigenvalue weighted by Gasteiger charge is -2.26. The van der Waals surface area contributed by atoms with Crippen molar-refractivity contribution in [1.29, 1.82) is 0 Å². The predicted molar refractivity (Wildman–Crippen MR) is 72.1 cm³/mol. The monoisotopic (exact) mass is 250 g/mol. The topological polar surface area (TPSA) is 78.3 Å².